The van der Waals surface area contributed by atoms with Gasteiger partial charge in [-0.3, -0.25) is 4.79 Å². The highest BCUT2D eigenvalue weighted by Crippen LogP contribution is 2.27. The van der Waals surface area contributed by atoms with Crippen molar-refractivity contribution < 1.29 is 19.0 Å². The Morgan fingerprint density at radius 1 is 0.960 bits per heavy atom. The van der Waals surface area contributed by atoms with Crippen LogP contribution in [0, 0.1) is 0 Å². The van der Waals surface area contributed by atoms with Crippen molar-refractivity contribution in [3.05, 3.63) is 48.0 Å². The number of nitrogens with one attached hydrogen (secondary N) is 1. The molecule has 1 N–H and O–H groups in total. The first kappa shape index (κ1) is 19.0. The fraction of sp³-hybridized carbons (Fsp3) is 0.316. The molecular formula is C19H23NO4S. The van der Waals surface area contributed by atoms with Gasteiger partial charge in [0, 0.05) is 23.6 Å². The van der Waals surface area contributed by atoms with E-state index >= 15 is 0 Å². The molecule has 0 bridgehead atoms. The molecule has 0 aromatic heterocycles. The highest BCUT2D eigenvalue weighted by molar-refractivity contribution is 7.99. The predicted molar refractivity (Wildman–Crippen MR) is 99.7 cm³/mol. The number of ether oxygens (including phenoxy) is 3. The fourth-order valence-corrected chi connectivity index (χ4v) is 3.06. The molecule has 0 fully saturated rings. The third-order valence-electron chi connectivity index (χ3n) is 3.59. The standard InChI is InChI=1S/C19H23NO4S/c1-22-15-5-7-16(8-6-15)25-11-10-19(21)20-13-14-4-9-17(23-2)18(12-14)24-3/h4-9,12H,10-11,13H2,1-3H3,(H,20,21). The second kappa shape index (κ2) is 9.84. The molecule has 25 heavy (non-hydrogen) atoms. The van der Waals surface area contributed by atoms with Gasteiger partial charge in [0.15, 0.2) is 11.5 Å². The lowest BCUT2D eigenvalue weighted by Crippen LogP contribution is -2.23. The molecule has 2 aromatic rings. The van der Waals surface area contributed by atoms with Gasteiger partial charge in [0.25, 0.3) is 0 Å². The van der Waals surface area contributed by atoms with E-state index in [4.69, 9.17) is 14.2 Å². The number of amides is 1. The van der Waals surface area contributed by atoms with E-state index in [1.54, 1.807) is 33.1 Å². The Bertz CT molecular complexity index is 688. The van der Waals surface area contributed by atoms with Crippen molar-refractivity contribution in [3.8, 4) is 17.2 Å². The van der Waals surface area contributed by atoms with Crippen LogP contribution in [-0.2, 0) is 11.3 Å². The molecule has 0 atom stereocenters. The average molecular weight is 361 g/mol. The molecule has 0 saturated heterocycles. The average Bonchev–Trinajstić information content (AvgIpc) is 2.66. The minimum absolute atomic E-state index is 0.0239. The van der Waals surface area contributed by atoms with Gasteiger partial charge in [0.1, 0.15) is 5.75 Å². The predicted octanol–water partition coefficient (Wildman–Crippen LogP) is 3.51. The zero-order valence-corrected chi connectivity index (χ0v) is 15.5. The Morgan fingerprint density at radius 3 is 2.32 bits per heavy atom. The number of hydrogen-bond donors (Lipinski definition) is 1. The molecule has 5 nitrogen and oxygen atoms in total. The smallest absolute Gasteiger partial charge is 0.221 e. The summed E-state index contributed by atoms with van der Waals surface area (Å²) in [5.74, 6) is 2.91. The Balaban J connectivity index is 1.75. The van der Waals surface area contributed by atoms with Gasteiger partial charge in [0.2, 0.25) is 5.91 Å². The molecule has 134 valence electrons. The van der Waals surface area contributed by atoms with Crippen LogP contribution in [0.4, 0.5) is 0 Å². The first-order valence-electron chi connectivity index (χ1n) is 7.90. The number of carbonyl (C=O) groups excluding carboxylic acids is 1. The van der Waals surface area contributed by atoms with Gasteiger partial charge < -0.3 is 19.5 Å². The normalized spacial score (nSPS) is 10.2. The first-order chi connectivity index (χ1) is 12.2. The van der Waals surface area contributed by atoms with Crippen LogP contribution in [0.25, 0.3) is 0 Å². The molecule has 2 rings (SSSR count). The number of rotatable bonds is 9. The summed E-state index contributed by atoms with van der Waals surface area (Å²) < 4.78 is 15.6. The van der Waals surface area contributed by atoms with Crippen LogP contribution in [-0.4, -0.2) is 33.0 Å². The van der Waals surface area contributed by atoms with Crippen molar-refractivity contribution in [2.75, 3.05) is 27.1 Å². The molecule has 0 aliphatic heterocycles. The fourth-order valence-electron chi connectivity index (χ4n) is 2.21. The molecular weight excluding hydrogens is 338 g/mol. The summed E-state index contributed by atoms with van der Waals surface area (Å²) in [5, 5.41) is 2.92. The van der Waals surface area contributed by atoms with Crippen molar-refractivity contribution in [1.29, 1.82) is 0 Å². The monoisotopic (exact) mass is 361 g/mol. The number of hydrogen-bond acceptors (Lipinski definition) is 5. The first-order valence-corrected chi connectivity index (χ1v) is 8.89. The summed E-state index contributed by atoms with van der Waals surface area (Å²) in [4.78, 5) is 13.1. The van der Waals surface area contributed by atoms with Crippen LogP contribution in [0.5, 0.6) is 17.2 Å². The van der Waals surface area contributed by atoms with Crippen LogP contribution in [0.1, 0.15) is 12.0 Å². The summed E-state index contributed by atoms with van der Waals surface area (Å²) in [6.45, 7) is 0.465. The third kappa shape index (κ3) is 5.90. The maximum atomic E-state index is 12.0. The van der Waals surface area contributed by atoms with E-state index in [0.29, 0.717) is 24.5 Å². The van der Waals surface area contributed by atoms with Crippen molar-refractivity contribution in [3.63, 3.8) is 0 Å². The van der Waals surface area contributed by atoms with E-state index in [0.717, 1.165) is 22.0 Å². The largest absolute Gasteiger partial charge is 0.497 e. The van der Waals surface area contributed by atoms with E-state index in [2.05, 4.69) is 5.32 Å². The number of methoxy groups -OCH3 is 3. The second-order valence-electron chi connectivity index (χ2n) is 5.24. The van der Waals surface area contributed by atoms with E-state index < -0.39 is 0 Å². The van der Waals surface area contributed by atoms with E-state index in [9.17, 15) is 4.79 Å². The van der Waals surface area contributed by atoms with Gasteiger partial charge >= 0.3 is 0 Å². The molecule has 0 radical (unpaired) electrons. The summed E-state index contributed by atoms with van der Waals surface area (Å²) in [5.41, 5.74) is 0.966. The Hall–Kier alpha value is -2.34. The van der Waals surface area contributed by atoms with Crippen molar-refractivity contribution in [1.82, 2.24) is 5.32 Å². The molecule has 0 spiro atoms. The van der Waals surface area contributed by atoms with E-state index in [1.807, 2.05) is 42.5 Å². The minimum Gasteiger partial charge on any atom is -0.497 e. The molecule has 0 saturated carbocycles. The SMILES string of the molecule is COc1ccc(SCCC(=O)NCc2ccc(OC)c(OC)c2)cc1. The quantitative estimate of drug-likeness (QED) is 0.693. The number of thioether (sulfide) groups is 1. The number of benzene rings is 2. The molecule has 6 heteroatoms. The van der Waals surface area contributed by atoms with Gasteiger partial charge in [0.05, 0.1) is 21.3 Å². The Kier molecular flexibility index (Phi) is 7.47. The highest BCUT2D eigenvalue weighted by atomic mass is 32.2. The van der Waals surface area contributed by atoms with E-state index in [1.165, 1.54) is 0 Å². The molecule has 2 aromatic carbocycles. The van der Waals surface area contributed by atoms with Gasteiger partial charge in [-0.15, -0.1) is 11.8 Å². The topological polar surface area (TPSA) is 56.8 Å². The van der Waals surface area contributed by atoms with Gasteiger partial charge in [-0.25, -0.2) is 0 Å². The molecule has 0 aliphatic carbocycles. The van der Waals surface area contributed by atoms with Crippen LogP contribution in [0.2, 0.25) is 0 Å². The maximum Gasteiger partial charge on any atom is 0.221 e. The van der Waals surface area contributed by atoms with Crippen LogP contribution in [0.3, 0.4) is 0 Å². The maximum absolute atomic E-state index is 12.0. The third-order valence-corrected chi connectivity index (χ3v) is 4.61. The zero-order valence-electron chi connectivity index (χ0n) is 14.7. The van der Waals surface area contributed by atoms with Gasteiger partial charge in [-0.2, -0.15) is 0 Å². The van der Waals surface area contributed by atoms with E-state index in [-0.39, 0.29) is 5.91 Å². The van der Waals surface area contributed by atoms with Crippen molar-refractivity contribution in [2.45, 2.75) is 17.9 Å². The lowest BCUT2D eigenvalue weighted by molar-refractivity contribution is -0.120. The van der Waals surface area contributed by atoms with Gasteiger partial charge in [-0.1, -0.05) is 6.07 Å². The Morgan fingerprint density at radius 2 is 1.68 bits per heavy atom. The van der Waals surface area contributed by atoms with Gasteiger partial charge in [-0.05, 0) is 42.0 Å². The second-order valence-corrected chi connectivity index (χ2v) is 6.41. The zero-order chi connectivity index (χ0) is 18.1. The highest BCUT2D eigenvalue weighted by Gasteiger charge is 2.06. The molecule has 1 amide bonds. The molecule has 0 unspecified atom stereocenters. The molecule has 0 aliphatic rings. The lowest BCUT2D eigenvalue weighted by Gasteiger charge is -2.10. The summed E-state index contributed by atoms with van der Waals surface area (Å²) in [6.07, 6.45) is 0.462. The Labute approximate surface area is 152 Å². The van der Waals surface area contributed by atoms with Crippen LogP contribution < -0.4 is 19.5 Å². The van der Waals surface area contributed by atoms with Crippen molar-refractivity contribution >= 4 is 17.7 Å². The molecule has 0 heterocycles. The van der Waals surface area contributed by atoms with Crippen LogP contribution in [0.15, 0.2) is 47.4 Å². The number of carbonyl (C=O) groups is 1. The summed E-state index contributed by atoms with van der Waals surface area (Å²) in [7, 11) is 4.83. The van der Waals surface area contributed by atoms with Crippen LogP contribution >= 0.6 is 11.8 Å². The summed E-state index contributed by atoms with van der Waals surface area (Å²) >= 11 is 1.65. The lowest BCUT2D eigenvalue weighted by atomic mass is 10.2. The minimum atomic E-state index is 0.0239. The summed E-state index contributed by atoms with van der Waals surface area (Å²) in [6, 6.07) is 13.4. The van der Waals surface area contributed by atoms with Crippen molar-refractivity contribution in [2.24, 2.45) is 0 Å².